The molecule has 0 radical (unpaired) electrons. The number of thiocarbonyl (C=S) groups is 1. The molecule has 0 aliphatic heterocycles. The summed E-state index contributed by atoms with van der Waals surface area (Å²) in [5.41, 5.74) is 5.65. The van der Waals surface area contributed by atoms with Gasteiger partial charge < -0.3 is 19.8 Å². The number of rotatable bonds is 5. The summed E-state index contributed by atoms with van der Waals surface area (Å²) in [6, 6.07) is 10.8. The SMILES string of the molecule is COc1ccc(CNC(=S)NNC(=O)C(=O)NCc2ccco2)cc1. The predicted molar refractivity (Wildman–Crippen MR) is 94.3 cm³/mol. The molecule has 1 aromatic carbocycles. The minimum absolute atomic E-state index is 0.124. The van der Waals surface area contributed by atoms with E-state index in [-0.39, 0.29) is 11.7 Å². The summed E-state index contributed by atoms with van der Waals surface area (Å²) in [5.74, 6) is -0.356. The number of nitrogens with one attached hydrogen (secondary N) is 4. The van der Waals surface area contributed by atoms with E-state index < -0.39 is 11.8 Å². The number of carbonyl (C=O) groups excluding carboxylic acids is 2. The van der Waals surface area contributed by atoms with Crippen molar-refractivity contribution in [3.63, 3.8) is 0 Å². The fourth-order valence-corrected chi connectivity index (χ4v) is 1.92. The number of hydrogen-bond donors (Lipinski definition) is 4. The minimum atomic E-state index is -0.861. The second-order valence-electron chi connectivity index (χ2n) is 4.87. The van der Waals surface area contributed by atoms with Crippen LogP contribution < -0.4 is 26.2 Å². The molecule has 0 saturated heterocycles. The second kappa shape index (κ2) is 9.28. The Morgan fingerprint density at radius 1 is 1.04 bits per heavy atom. The fourth-order valence-electron chi connectivity index (χ4n) is 1.80. The largest absolute Gasteiger partial charge is 0.497 e. The summed E-state index contributed by atoms with van der Waals surface area (Å²) in [5, 5.41) is 5.50. The van der Waals surface area contributed by atoms with Gasteiger partial charge in [0, 0.05) is 6.54 Å². The topological polar surface area (TPSA) is 105 Å². The molecule has 0 atom stereocenters. The van der Waals surface area contributed by atoms with Gasteiger partial charge in [-0.25, -0.2) is 0 Å². The third kappa shape index (κ3) is 6.15. The van der Waals surface area contributed by atoms with Gasteiger partial charge in [0.1, 0.15) is 11.5 Å². The van der Waals surface area contributed by atoms with Crippen molar-refractivity contribution in [3.8, 4) is 5.75 Å². The van der Waals surface area contributed by atoms with Gasteiger partial charge in [0.2, 0.25) is 0 Å². The Kier molecular flexibility index (Phi) is 6.78. The van der Waals surface area contributed by atoms with Crippen LogP contribution in [0.25, 0.3) is 0 Å². The van der Waals surface area contributed by atoms with E-state index in [0.717, 1.165) is 11.3 Å². The first-order chi connectivity index (χ1) is 12.1. The Morgan fingerprint density at radius 2 is 1.80 bits per heavy atom. The third-order valence-electron chi connectivity index (χ3n) is 3.11. The maximum absolute atomic E-state index is 11.6. The number of hydrazine groups is 1. The minimum Gasteiger partial charge on any atom is -0.497 e. The third-order valence-corrected chi connectivity index (χ3v) is 3.36. The molecule has 2 aromatic rings. The molecule has 0 aliphatic rings. The molecule has 0 aliphatic carbocycles. The van der Waals surface area contributed by atoms with Crippen molar-refractivity contribution in [2.45, 2.75) is 13.1 Å². The van der Waals surface area contributed by atoms with Gasteiger partial charge >= 0.3 is 11.8 Å². The average Bonchev–Trinajstić information content (AvgIpc) is 3.16. The van der Waals surface area contributed by atoms with Crippen LogP contribution in [0.1, 0.15) is 11.3 Å². The Labute approximate surface area is 149 Å². The van der Waals surface area contributed by atoms with Gasteiger partial charge in [0.15, 0.2) is 5.11 Å². The second-order valence-corrected chi connectivity index (χ2v) is 5.28. The van der Waals surface area contributed by atoms with Gasteiger partial charge in [-0.15, -0.1) is 0 Å². The molecule has 0 fully saturated rings. The molecule has 2 rings (SSSR count). The van der Waals surface area contributed by atoms with Gasteiger partial charge in [-0.05, 0) is 42.0 Å². The molecular formula is C16H18N4O4S. The lowest BCUT2D eigenvalue weighted by Gasteiger charge is -2.11. The van der Waals surface area contributed by atoms with Crippen LogP contribution in [0.5, 0.6) is 5.75 Å². The number of furan rings is 1. The standard InChI is InChI=1S/C16H18N4O4S/c1-23-12-6-4-11(5-7-12)9-18-16(25)20-19-15(22)14(21)17-10-13-3-2-8-24-13/h2-8H,9-10H2,1H3,(H,17,21)(H,19,22)(H2,18,20,25). The summed E-state index contributed by atoms with van der Waals surface area (Å²) >= 11 is 5.03. The highest BCUT2D eigenvalue weighted by Crippen LogP contribution is 2.10. The zero-order valence-corrected chi connectivity index (χ0v) is 14.3. The molecule has 1 heterocycles. The Morgan fingerprint density at radius 3 is 2.44 bits per heavy atom. The molecule has 0 spiro atoms. The summed E-state index contributed by atoms with van der Waals surface area (Å²) < 4.78 is 10.1. The Bertz CT molecular complexity index is 716. The monoisotopic (exact) mass is 362 g/mol. The number of hydrogen-bond acceptors (Lipinski definition) is 5. The zero-order chi connectivity index (χ0) is 18.1. The lowest BCUT2D eigenvalue weighted by molar-refractivity contribution is -0.139. The van der Waals surface area contributed by atoms with Crippen molar-refractivity contribution >= 4 is 29.1 Å². The number of amides is 2. The van der Waals surface area contributed by atoms with Crippen LogP contribution in [0.15, 0.2) is 47.1 Å². The summed E-state index contributed by atoms with van der Waals surface area (Å²) in [7, 11) is 1.60. The quantitative estimate of drug-likeness (QED) is 0.351. The van der Waals surface area contributed by atoms with Crippen molar-refractivity contribution in [2.24, 2.45) is 0 Å². The molecule has 2 amide bonds. The summed E-state index contributed by atoms with van der Waals surface area (Å²) in [6.07, 6.45) is 1.48. The number of carbonyl (C=O) groups is 2. The molecule has 0 saturated carbocycles. The fraction of sp³-hybridized carbons (Fsp3) is 0.188. The van der Waals surface area contributed by atoms with Crippen molar-refractivity contribution < 1.29 is 18.7 Å². The summed E-state index contributed by atoms with van der Waals surface area (Å²) in [4.78, 5) is 23.2. The lowest BCUT2D eigenvalue weighted by Crippen LogP contribution is -2.51. The normalized spacial score (nSPS) is 9.80. The van der Waals surface area contributed by atoms with Gasteiger partial charge in [0.25, 0.3) is 0 Å². The van der Waals surface area contributed by atoms with Crippen LogP contribution in [0.3, 0.4) is 0 Å². The number of ether oxygens (including phenoxy) is 1. The highest BCUT2D eigenvalue weighted by molar-refractivity contribution is 7.80. The van der Waals surface area contributed by atoms with Crippen LogP contribution in [0, 0.1) is 0 Å². The Balaban J connectivity index is 1.66. The Hall–Kier alpha value is -3.07. The van der Waals surface area contributed by atoms with E-state index in [4.69, 9.17) is 21.4 Å². The zero-order valence-electron chi connectivity index (χ0n) is 13.5. The van der Waals surface area contributed by atoms with Crippen LogP contribution in [0.4, 0.5) is 0 Å². The maximum atomic E-state index is 11.6. The molecule has 8 nitrogen and oxygen atoms in total. The molecular weight excluding hydrogens is 344 g/mol. The van der Waals surface area contributed by atoms with Gasteiger partial charge in [0.05, 0.1) is 19.9 Å². The van der Waals surface area contributed by atoms with Crippen LogP contribution in [-0.4, -0.2) is 24.0 Å². The van der Waals surface area contributed by atoms with Crippen molar-refractivity contribution in [3.05, 3.63) is 54.0 Å². The van der Waals surface area contributed by atoms with E-state index in [0.29, 0.717) is 12.3 Å². The first kappa shape index (κ1) is 18.3. The highest BCUT2D eigenvalue weighted by Gasteiger charge is 2.13. The van der Waals surface area contributed by atoms with E-state index in [1.165, 1.54) is 6.26 Å². The van der Waals surface area contributed by atoms with E-state index in [1.807, 2.05) is 24.3 Å². The average molecular weight is 362 g/mol. The molecule has 0 unspecified atom stereocenters. The summed E-state index contributed by atoms with van der Waals surface area (Å²) in [6.45, 7) is 0.579. The first-order valence-electron chi connectivity index (χ1n) is 7.36. The van der Waals surface area contributed by atoms with Gasteiger partial charge in [-0.2, -0.15) is 0 Å². The highest BCUT2D eigenvalue weighted by atomic mass is 32.1. The van der Waals surface area contributed by atoms with E-state index >= 15 is 0 Å². The number of benzene rings is 1. The van der Waals surface area contributed by atoms with Crippen LogP contribution in [-0.2, 0) is 22.7 Å². The van der Waals surface area contributed by atoms with E-state index in [2.05, 4.69) is 21.5 Å². The van der Waals surface area contributed by atoms with Crippen molar-refractivity contribution in [1.29, 1.82) is 0 Å². The van der Waals surface area contributed by atoms with Gasteiger partial charge in [-0.3, -0.25) is 20.4 Å². The molecule has 25 heavy (non-hydrogen) atoms. The molecule has 0 bridgehead atoms. The smallest absolute Gasteiger partial charge is 0.327 e. The first-order valence-corrected chi connectivity index (χ1v) is 7.76. The van der Waals surface area contributed by atoms with E-state index in [1.54, 1.807) is 19.2 Å². The van der Waals surface area contributed by atoms with Crippen molar-refractivity contribution in [1.82, 2.24) is 21.5 Å². The predicted octanol–water partition coefficient (Wildman–Crippen LogP) is 0.600. The number of methoxy groups -OCH3 is 1. The van der Waals surface area contributed by atoms with E-state index in [9.17, 15) is 9.59 Å². The van der Waals surface area contributed by atoms with Crippen LogP contribution in [0.2, 0.25) is 0 Å². The molecule has 4 N–H and O–H groups in total. The molecule has 9 heteroatoms. The maximum Gasteiger partial charge on any atom is 0.327 e. The van der Waals surface area contributed by atoms with Crippen molar-refractivity contribution in [2.75, 3.05) is 7.11 Å². The molecule has 132 valence electrons. The van der Waals surface area contributed by atoms with Gasteiger partial charge in [-0.1, -0.05) is 12.1 Å². The molecule has 1 aromatic heterocycles. The lowest BCUT2D eigenvalue weighted by atomic mass is 10.2. The van der Waals surface area contributed by atoms with Crippen LogP contribution >= 0.6 is 12.2 Å².